The maximum atomic E-state index is 13.2. The Bertz CT molecular complexity index is 649. The lowest BCUT2D eigenvalue weighted by Crippen LogP contribution is -2.20. The van der Waals surface area contributed by atoms with E-state index in [0.717, 1.165) is 16.9 Å². The predicted octanol–water partition coefficient (Wildman–Crippen LogP) is 3.17. The number of ether oxygens (including phenoxy) is 1. The summed E-state index contributed by atoms with van der Waals surface area (Å²) in [5.74, 6) is 0.370. The van der Waals surface area contributed by atoms with Crippen LogP contribution >= 0.6 is 0 Å². The summed E-state index contributed by atoms with van der Waals surface area (Å²) in [5.41, 5.74) is 2.12. The Morgan fingerprint density at radius 3 is 2.86 bits per heavy atom. The summed E-state index contributed by atoms with van der Waals surface area (Å²) in [6.07, 6.45) is 0. The molecular formula is C17H17FN2O. The van der Waals surface area contributed by atoms with Crippen LogP contribution in [0, 0.1) is 24.1 Å². The van der Waals surface area contributed by atoms with Gasteiger partial charge in [0.05, 0.1) is 5.56 Å². The Kier molecular flexibility index (Phi) is 5.30. The van der Waals surface area contributed by atoms with E-state index in [1.54, 1.807) is 12.1 Å². The maximum absolute atomic E-state index is 13.2. The Labute approximate surface area is 124 Å². The molecule has 0 aliphatic rings. The summed E-state index contributed by atoms with van der Waals surface area (Å²) in [4.78, 5) is 0. The fraction of sp³-hybridized carbons (Fsp3) is 0.235. The lowest BCUT2D eigenvalue weighted by atomic mass is 10.1. The number of aryl methyl sites for hydroxylation is 1. The number of nitrogens with one attached hydrogen (secondary N) is 1. The first-order chi connectivity index (χ1) is 10.2. The van der Waals surface area contributed by atoms with Crippen LogP contribution in [-0.2, 0) is 6.54 Å². The second-order valence-electron chi connectivity index (χ2n) is 4.77. The number of hydrogen-bond donors (Lipinski definition) is 1. The van der Waals surface area contributed by atoms with Gasteiger partial charge in [0.15, 0.2) is 0 Å². The normalized spacial score (nSPS) is 10.1. The van der Waals surface area contributed by atoms with Gasteiger partial charge in [-0.3, -0.25) is 0 Å². The molecule has 0 spiro atoms. The number of hydrogen-bond acceptors (Lipinski definition) is 3. The molecule has 0 fully saturated rings. The first-order valence-corrected chi connectivity index (χ1v) is 6.78. The van der Waals surface area contributed by atoms with Gasteiger partial charge in [0.25, 0.3) is 0 Å². The van der Waals surface area contributed by atoms with Crippen LogP contribution in [0.25, 0.3) is 0 Å². The van der Waals surface area contributed by atoms with E-state index >= 15 is 0 Å². The van der Waals surface area contributed by atoms with E-state index in [4.69, 9.17) is 10.00 Å². The minimum Gasteiger partial charge on any atom is -0.492 e. The minimum atomic E-state index is -0.482. The third kappa shape index (κ3) is 4.59. The highest BCUT2D eigenvalue weighted by Gasteiger charge is 2.02. The van der Waals surface area contributed by atoms with Crippen LogP contribution in [0.3, 0.4) is 0 Å². The van der Waals surface area contributed by atoms with Gasteiger partial charge in [-0.05, 0) is 42.3 Å². The largest absolute Gasteiger partial charge is 0.492 e. The summed E-state index contributed by atoms with van der Waals surface area (Å²) < 4.78 is 18.8. The smallest absolute Gasteiger partial charge is 0.140 e. The van der Waals surface area contributed by atoms with Gasteiger partial charge in [-0.25, -0.2) is 4.39 Å². The standard InChI is InChI=1S/C17H17FN2O/c1-13-3-2-4-16(9-13)21-8-7-20-12-14-5-6-17(18)15(10-14)11-19/h2-6,9-10,20H,7-8,12H2,1H3. The van der Waals surface area contributed by atoms with Gasteiger partial charge in [0.1, 0.15) is 24.2 Å². The molecule has 0 aliphatic carbocycles. The van der Waals surface area contributed by atoms with E-state index in [2.05, 4.69) is 5.32 Å². The third-order valence-corrected chi connectivity index (χ3v) is 3.02. The van der Waals surface area contributed by atoms with Crippen molar-refractivity contribution in [2.75, 3.05) is 13.2 Å². The molecule has 0 unspecified atom stereocenters. The molecule has 108 valence electrons. The van der Waals surface area contributed by atoms with E-state index in [1.807, 2.05) is 37.3 Å². The highest BCUT2D eigenvalue weighted by molar-refractivity contribution is 5.34. The van der Waals surface area contributed by atoms with Crippen LogP contribution < -0.4 is 10.1 Å². The zero-order chi connectivity index (χ0) is 15.1. The van der Waals surface area contributed by atoms with Gasteiger partial charge in [-0.2, -0.15) is 5.26 Å². The lowest BCUT2D eigenvalue weighted by Gasteiger charge is -2.08. The quantitative estimate of drug-likeness (QED) is 0.829. The molecule has 2 rings (SSSR count). The van der Waals surface area contributed by atoms with Crippen molar-refractivity contribution in [2.24, 2.45) is 0 Å². The van der Waals surface area contributed by atoms with E-state index in [0.29, 0.717) is 19.7 Å². The molecule has 1 N–H and O–H groups in total. The molecule has 2 aromatic carbocycles. The van der Waals surface area contributed by atoms with Crippen molar-refractivity contribution in [1.29, 1.82) is 5.26 Å². The minimum absolute atomic E-state index is 0.0744. The molecule has 2 aromatic rings. The second-order valence-corrected chi connectivity index (χ2v) is 4.77. The van der Waals surface area contributed by atoms with E-state index in [-0.39, 0.29) is 5.56 Å². The number of rotatable bonds is 6. The van der Waals surface area contributed by atoms with Crippen molar-refractivity contribution in [3.63, 3.8) is 0 Å². The van der Waals surface area contributed by atoms with Gasteiger partial charge in [-0.1, -0.05) is 18.2 Å². The predicted molar refractivity (Wildman–Crippen MR) is 79.5 cm³/mol. The van der Waals surface area contributed by atoms with Crippen molar-refractivity contribution in [1.82, 2.24) is 5.32 Å². The molecule has 0 saturated heterocycles. The number of nitrogens with zero attached hydrogens (tertiary/aromatic N) is 1. The van der Waals surface area contributed by atoms with E-state index in [9.17, 15) is 4.39 Å². The van der Waals surface area contributed by atoms with E-state index in [1.165, 1.54) is 6.07 Å². The molecule has 0 amide bonds. The first kappa shape index (κ1) is 15.0. The fourth-order valence-corrected chi connectivity index (χ4v) is 1.95. The van der Waals surface area contributed by atoms with Crippen LogP contribution in [-0.4, -0.2) is 13.2 Å². The van der Waals surface area contributed by atoms with Crippen LogP contribution in [0.2, 0.25) is 0 Å². The zero-order valence-electron chi connectivity index (χ0n) is 11.9. The highest BCUT2D eigenvalue weighted by atomic mass is 19.1. The van der Waals surface area contributed by atoms with Gasteiger partial charge in [0, 0.05) is 13.1 Å². The van der Waals surface area contributed by atoms with Crippen molar-refractivity contribution >= 4 is 0 Å². The molecule has 0 saturated carbocycles. The molecule has 4 heteroatoms. The van der Waals surface area contributed by atoms with Crippen molar-refractivity contribution in [3.05, 3.63) is 65.0 Å². The van der Waals surface area contributed by atoms with Crippen molar-refractivity contribution < 1.29 is 9.13 Å². The van der Waals surface area contributed by atoms with Crippen LogP contribution in [0.15, 0.2) is 42.5 Å². The summed E-state index contributed by atoms with van der Waals surface area (Å²) in [6.45, 7) is 3.82. The average molecular weight is 284 g/mol. The van der Waals surface area contributed by atoms with Gasteiger partial charge in [-0.15, -0.1) is 0 Å². The van der Waals surface area contributed by atoms with Crippen molar-refractivity contribution in [2.45, 2.75) is 13.5 Å². The lowest BCUT2D eigenvalue weighted by molar-refractivity contribution is 0.313. The zero-order valence-corrected chi connectivity index (χ0v) is 11.9. The number of halogens is 1. The van der Waals surface area contributed by atoms with Gasteiger partial charge in [0.2, 0.25) is 0 Å². The summed E-state index contributed by atoms with van der Waals surface area (Å²) >= 11 is 0. The number of benzene rings is 2. The molecular weight excluding hydrogens is 267 g/mol. The molecule has 0 bridgehead atoms. The van der Waals surface area contributed by atoms with Crippen LogP contribution in [0.1, 0.15) is 16.7 Å². The third-order valence-electron chi connectivity index (χ3n) is 3.02. The molecule has 21 heavy (non-hydrogen) atoms. The van der Waals surface area contributed by atoms with Gasteiger partial charge >= 0.3 is 0 Å². The SMILES string of the molecule is Cc1cccc(OCCNCc2ccc(F)c(C#N)c2)c1. The average Bonchev–Trinajstić information content (AvgIpc) is 2.48. The fourth-order valence-electron chi connectivity index (χ4n) is 1.95. The van der Waals surface area contributed by atoms with Crippen LogP contribution in [0.5, 0.6) is 5.75 Å². The Balaban J connectivity index is 1.74. The van der Waals surface area contributed by atoms with Crippen molar-refractivity contribution in [3.8, 4) is 11.8 Å². The first-order valence-electron chi connectivity index (χ1n) is 6.78. The van der Waals surface area contributed by atoms with Crippen LogP contribution in [0.4, 0.5) is 4.39 Å². The monoisotopic (exact) mass is 284 g/mol. The molecule has 0 radical (unpaired) electrons. The summed E-state index contributed by atoms with van der Waals surface area (Å²) in [5, 5.41) is 12.0. The van der Waals surface area contributed by atoms with E-state index < -0.39 is 5.82 Å². The Morgan fingerprint density at radius 1 is 1.24 bits per heavy atom. The molecule has 0 aliphatic heterocycles. The molecule has 0 atom stereocenters. The Hall–Kier alpha value is -2.38. The molecule has 0 heterocycles. The molecule has 0 aromatic heterocycles. The second kappa shape index (κ2) is 7.41. The topological polar surface area (TPSA) is 45.0 Å². The highest BCUT2D eigenvalue weighted by Crippen LogP contribution is 2.12. The van der Waals surface area contributed by atoms with Gasteiger partial charge < -0.3 is 10.1 Å². The summed E-state index contributed by atoms with van der Waals surface area (Å²) in [7, 11) is 0. The molecule has 3 nitrogen and oxygen atoms in total. The Morgan fingerprint density at radius 2 is 2.10 bits per heavy atom. The number of nitriles is 1. The maximum Gasteiger partial charge on any atom is 0.140 e. The summed E-state index contributed by atoms with van der Waals surface area (Å²) in [6, 6.07) is 14.3.